The van der Waals surface area contributed by atoms with Gasteiger partial charge in [-0.1, -0.05) is 32.9 Å². The number of carboxylic acids is 1. The third-order valence-electron chi connectivity index (χ3n) is 6.57. The van der Waals surface area contributed by atoms with E-state index < -0.39 is 5.97 Å². The summed E-state index contributed by atoms with van der Waals surface area (Å²) < 4.78 is 13.3. The van der Waals surface area contributed by atoms with Crippen molar-refractivity contribution in [2.45, 2.75) is 69.5 Å². The maximum Gasteiger partial charge on any atom is 0.317 e. The highest BCUT2D eigenvalue weighted by atomic mass is 19.1. The minimum absolute atomic E-state index is 0.0368. The SMILES string of the molecule is CCN(CC(=O)O)C1CC(NC(=O)NC2(C(C)(C)c3ccc(F)cc3)CC2)C1. The summed E-state index contributed by atoms with van der Waals surface area (Å²) in [6.45, 7) is 6.83. The van der Waals surface area contributed by atoms with Crippen LogP contribution in [0, 0.1) is 5.82 Å². The minimum Gasteiger partial charge on any atom is -0.480 e. The number of carbonyl (C=O) groups excluding carboxylic acids is 1. The van der Waals surface area contributed by atoms with Crippen LogP contribution in [0.4, 0.5) is 9.18 Å². The summed E-state index contributed by atoms with van der Waals surface area (Å²) in [4.78, 5) is 25.4. The highest BCUT2D eigenvalue weighted by molar-refractivity contribution is 5.76. The number of benzene rings is 1. The number of carboxylic acid groups (broad SMARTS) is 1. The fourth-order valence-electron chi connectivity index (χ4n) is 4.29. The van der Waals surface area contributed by atoms with Gasteiger partial charge in [-0.05, 0) is 49.9 Å². The molecule has 0 aliphatic heterocycles. The lowest BCUT2D eigenvalue weighted by atomic mass is 9.75. The van der Waals surface area contributed by atoms with Crippen molar-refractivity contribution in [3.05, 3.63) is 35.6 Å². The summed E-state index contributed by atoms with van der Waals surface area (Å²) in [5.74, 6) is -1.09. The zero-order chi connectivity index (χ0) is 20.5. The molecule has 0 heterocycles. The van der Waals surface area contributed by atoms with E-state index in [-0.39, 0.29) is 41.4 Å². The van der Waals surface area contributed by atoms with Gasteiger partial charge in [0.25, 0.3) is 0 Å². The Morgan fingerprint density at radius 2 is 1.86 bits per heavy atom. The number of nitrogens with zero attached hydrogens (tertiary/aromatic N) is 1. The molecule has 28 heavy (non-hydrogen) atoms. The molecule has 7 heteroatoms. The molecule has 0 atom stereocenters. The van der Waals surface area contributed by atoms with Gasteiger partial charge in [-0.25, -0.2) is 9.18 Å². The fourth-order valence-corrected chi connectivity index (χ4v) is 4.29. The lowest BCUT2D eigenvalue weighted by Crippen LogP contribution is -2.59. The normalized spacial score (nSPS) is 23.0. The van der Waals surface area contributed by atoms with Crippen LogP contribution < -0.4 is 10.6 Å². The highest BCUT2D eigenvalue weighted by Gasteiger charge is 2.56. The van der Waals surface area contributed by atoms with Crippen molar-refractivity contribution in [2.24, 2.45) is 0 Å². The zero-order valence-electron chi connectivity index (χ0n) is 16.8. The maximum atomic E-state index is 13.3. The first-order valence-corrected chi connectivity index (χ1v) is 9.97. The van der Waals surface area contributed by atoms with Gasteiger partial charge in [0.2, 0.25) is 0 Å². The lowest BCUT2D eigenvalue weighted by molar-refractivity contribution is -0.139. The summed E-state index contributed by atoms with van der Waals surface area (Å²) in [6.07, 6.45) is 3.31. The molecule has 1 aromatic rings. The van der Waals surface area contributed by atoms with Crippen molar-refractivity contribution < 1.29 is 19.1 Å². The van der Waals surface area contributed by atoms with Crippen molar-refractivity contribution in [2.75, 3.05) is 13.1 Å². The minimum atomic E-state index is -0.824. The standard InChI is InChI=1S/C21H30FN3O3/c1-4-25(13-18(26)27)17-11-16(12-17)23-19(28)24-21(9-10-21)20(2,3)14-5-7-15(22)8-6-14/h5-8,16-17H,4,9-13H2,1-3H3,(H,26,27)(H2,23,24,28). The third-order valence-corrected chi connectivity index (χ3v) is 6.57. The van der Waals surface area contributed by atoms with E-state index >= 15 is 0 Å². The van der Waals surface area contributed by atoms with E-state index in [1.807, 2.05) is 11.8 Å². The molecule has 2 saturated carbocycles. The Bertz CT molecular complexity index is 725. The van der Waals surface area contributed by atoms with E-state index in [4.69, 9.17) is 5.11 Å². The second kappa shape index (κ2) is 7.70. The van der Waals surface area contributed by atoms with E-state index in [0.29, 0.717) is 6.54 Å². The molecular weight excluding hydrogens is 361 g/mol. The summed E-state index contributed by atoms with van der Waals surface area (Å²) in [5.41, 5.74) is 0.375. The number of hydrogen-bond donors (Lipinski definition) is 3. The van der Waals surface area contributed by atoms with Crippen LogP contribution in [0.2, 0.25) is 0 Å². The summed E-state index contributed by atoms with van der Waals surface area (Å²) >= 11 is 0. The molecule has 6 nitrogen and oxygen atoms in total. The number of urea groups is 1. The molecule has 0 bridgehead atoms. The quantitative estimate of drug-likeness (QED) is 0.636. The maximum absolute atomic E-state index is 13.3. The van der Waals surface area contributed by atoms with Crippen LogP contribution in [-0.4, -0.2) is 52.7 Å². The Morgan fingerprint density at radius 1 is 1.25 bits per heavy atom. The molecule has 3 rings (SSSR count). The first kappa shape index (κ1) is 20.6. The van der Waals surface area contributed by atoms with Crippen LogP contribution in [0.15, 0.2) is 24.3 Å². The molecule has 1 aromatic carbocycles. The van der Waals surface area contributed by atoms with Crippen LogP contribution in [0.3, 0.4) is 0 Å². The van der Waals surface area contributed by atoms with E-state index in [0.717, 1.165) is 31.2 Å². The van der Waals surface area contributed by atoms with Gasteiger partial charge in [0.05, 0.1) is 12.1 Å². The zero-order valence-corrected chi connectivity index (χ0v) is 16.8. The summed E-state index contributed by atoms with van der Waals surface area (Å²) in [5, 5.41) is 15.2. The van der Waals surface area contributed by atoms with Crippen LogP contribution in [0.25, 0.3) is 0 Å². The second-order valence-corrected chi connectivity index (χ2v) is 8.59. The molecule has 2 amide bonds. The van der Waals surface area contributed by atoms with Crippen LogP contribution >= 0.6 is 0 Å². The molecule has 2 fully saturated rings. The smallest absolute Gasteiger partial charge is 0.317 e. The predicted octanol–water partition coefficient (Wildman–Crippen LogP) is 2.87. The Labute approximate surface area is 165 Å². The molecular formula is C21H30FN3O3. The first-order chi connectivity index (χ1) is 13.2. The average Bonchev–Trinajstić information content (AvgIpc) is 3.37. The average molecular weight is 391 g/mol. The highest BCUT2D eigenvalue weighted by Crippen LogP contribution is 2.51. The monoisotopic (exact) mass is 391 g/mol. The molecule has 0 spiro atoms. The van der Waals surface area contributed by atoms with Gasteiger partial charge < -0.3 is 15.7 Å². The molecule has 0 saturated heterocycles. The number of rotatable bonds is 8. The van der Waals surface area contributed by atoms with E-state index in [1.165, 1.54) is 12.1 Å². The van der Waals surface area contributed by atoms with Crippen molar-refractivity contribution in [3.8, 4) is 0 Å². The summed E-state index contributed by atoms with van der Waals surface area (Å²) in [6, 6.07) is 6.57. The molecule has 154 valence electrons. The summed E-state index contributed by atoms with van der Waals surface area (Å²) in [7, 11) is 0. The van der Waals surface area contributed by atoms with Gasteiger partial charge in [0.1, 0.15) is 5.82 Å². The van der Waals surface area contributed by atoms with Gasteiger partial charge in [0.15, 0.2) is 0 Å². The van der Waals surface area contributed by atoms with E-state index in [1.54, 1.807) is 12.1 Å². The fraction of sp³-hybridized carbons (Fsp3) is 0.619. The van der Waals surface area contributed by atoms with Crippen molar-refractivity contribution in [1.29, 1.82) is 0 Å². The Kier molecular flexibility index (Phi) is 5.66. The predicted molar refractivity (Wildman–Crippen MR) is 105 cm³/mol. The van der Waals surface area contributed by atoms with Gasteiger partial charge >= 0.3 is 12.0 Å². The number of aliphatic carboxylic acids is 1. The van der Waals surface area contributed by atoms with Gasteiger partial charge in [-0.15, -0.1) is 0 Å². The van der Waals surface area contributed by atoms with E-state index in [2.05, 4.69) is 24.5 Å². The number of hydrogen-bond acceptors (Lipinski definition) is 3. The van der Waals surface area contributed by atoms with Gasteiger partial charge in [0, 0.05) is 17.5 Å². The molecule has 0 aromatic heterocycles. The number of halogens is 1. The number of likely N-dealkylation sites (N-methyl/N-ethyl adjacent to an activating group) is 1. The van der Waals surface area contributed by atoms with Gasteiger partial charge in [-0.3, -0.25) is 9.69 Å². The topological polar surface area (TPSA) is 81.7 Å². The molecule has 0 radical (unpaired) electrons. The molecule has 3 N–H and O–H groups in total. The van der Waals surface area contributed by atoms with Crippen LogP contribution in [-0.2, 0) is 10.2 Å². The Balaban J connectivity index is 1.53. The molecule has 0 unspecified atom stereocenters. The lowest BCUT2D eigenvalue weighted by Gasteiger charge is -2.43. The van der Waals surface area contributed by atoms with Crippen LogP contribution in [0.1, 0.15) is 52.0 Å². The van der Waals surface area contributed by atoms with Crippen molar-refractivity contribution in [1.82, 2.24) is 15.5 Å². The Hall–Kier alpha value is -2.15. The number of nitrogens with one attached hydrogen (secondary N) is 2. The third kappa shape index (κ3) is 4.14. The first-order valence-electron chi connectivity index (χ1n) is 9.97. The number of carbonyl (C=O) groups is 2. The van der Waals surface area contributed by atoms with Crippen molar-refractivity contribution >= 4 is 12.0 Å². The largest absolute Gasteiger partial charge is 0.480 e. The molecule has 2 aliphatic rings. The number of amides is 2. The second-order valence-electron chi connectivity index (χ2n) is 8.59. The Morgan fingerprint density at radius 3 is 2.36 bits per heavy atom. The van der Waals surface area contributed by atoms with Crippen LogP contribution in [0.5, 0.6) is 0 Å². The van der Waals surface area contributed by atoms with Crippen molar-refractivity contribution in [3.63, 3.8) is 0 Å². The van der Waals surface area contributed by atoms with E-state index in [9.17, 15) is 14.0 Å². The molecule has 2 aliphatic carbocycles. The van der Waals surface area contributed by atoms with Gasteiger partial charge in [-0.2, -0.15) is 0 Å².